The van der Waals surface area contributed by atoms with Gasteiger partial charge in [0.2, 0.25) is 0 Å². The fourth-order valence-electron chi connectivity index (χ4n) is 1.22. The first-order chi connectivity index (χ1) is 4.93. The molecule has 1 aliphatic rings. The molecule has 0 aliphatic carbocycles. The van der Waals surface area contributed by atoms with Crippen LogP contribution in [0.15, 0.2) is 0 Å². The lowest BCUT2D eigenvalue weighted by molar-refractivity contribution is 0.242. The predicted molar refractivity (Wildman–Crippen MR) is 47.7 cm³/mol. The molecular formula is C7H15BrN2. The second kappa shape index (κ2) is 5.10. The van der Waals surface area contributed by atoms with E-state index in [0.717, 1.165) is 5.33 Å². The molecule has 0 spiro atoms. The summed E-state index contributed by atoms with van der Waals surface area (Å²) in [5.74, 6) is 0. The Labute approximate surface area is 71.1 Å². The van der Waals surface area contributed by atoms with E-state index < -0.39 is 0 Å². The zero-order valence-electron chi connectivity index (χ0n) is 6.27. The minimum Gasteiger partial charge on any atom is -0.314 e. The van der Waals surface area contributed by atoms with E-state index in [1.165, 1.54) is 39.1 Å². The van der Waals surface area contributed by atoms with Gasteiger partial charge in [-0.25, -0.2) is 0 Å². The number of piperazine rings is 1. The monoisotopic (exact) mass is 206 g/mol. The zero-order valence-corrected chi connectivity index (χ0v) is 7.86. The first kappa shape index (κ1) is 8.50. The molecule has 0 radical (unpaired) electrons. The van der Waals surface area contributed by atoms with Crippen molar-refractivity contribution in [3.8, 4) is 0 Å². The second-order valence-corrected chi connectivity index (χ2v) is 3.43. The van der Waals surface area contributed by atoms with Crippen molar-refractivity contribution in [2.45, 2.75) is 6.42 Å². The van der Waals surface area contributed by atoms with Crippen LogP contribution in [0.3, 0.4) is 0 Å². The van der Waals surface area contributed by atoms with Gasteiger partial charge in [0.15, 0.2) is 0 Å². The average molecular weight is 207 g/mol. The van der Waals surface area contributed by atoms with E-state index in [9.17, 15) is 0 Å². The van der Waals surface area contributed by atoms with Gasteiger partial charge < -0.3 is 10.2 Å². The highest BCUT2D eigenvalue weighted by atomic mass is 79.9. The van der Waals surface area contributed by atoms with Crippen molar-refractivity contribution in [3.05, 3.63) is 0 Å². The summed E-state index contributed by atoms with van der Waals surface area (Å²) in [4.78, 5) is 2.51. The van der Waals surface area contributed by atoms with Gasteiger partial charge in [-0.15, -0.1) is 0 Å². The maximum Gasteiger partial charge on any atom is 0.0107 e. The molecule has 0 amide bonds. The summed E-state index contributed by atoms with van der Waals surface area (Å²) in [6.07, 6.45) is 1.28. The third-order valence-corrected chi connectivity index (χ3v) is 2.38. The van der Waals surface area contributed by atoms with Crippen LogP contribution in [-0.4, -0.2) is 43.0 Å². The zero-order chi connectivity index (χ0) is 7.23. The van der Waals surface area contributed by atoms with E-state index >= 15 is 0 Å². The number of nitrogens with zero attached hydrogens (tertiary/aromatic N) is 1. The molecule has 10 heavy (non-hydrogen) atoms. The van der Waals surface area contributed by atoms with E-state index in [1.807, 2.05) is 0 Å². The van der Waals surface area contributed by atoms with Crippen LogP contribution in [0.25, 0.3) is 0 Å². The summed E-state index contributed by atoms with van der Waals surface area (Å²) in [5.41, 5.74) is 0. The Morgan fingerprint density at radius 2 is 2.00 bits per heavy atom. The van der Waals surface area contributed by atoms with Gasteiger partial charge in [-0.1, -0.05) is 15.9 Å². The summed E-state index contributed by atoms with van der Waals surface area (Å²) in [6, 6.07) is 0. The Morgan fingerprint density at radius 1 is 1.30 bits per heavy atom. The molecule has 1 heterocycles. The van der Waals surface area contributed by atoms with Crippen LogP contribution in [0.5, 0.6) is 0 Å². The van der Waals surface area contributed by atoms with Crippen molar-refractivity contribution in [1.29, 1.82) is 0 Å². The van der Waals surface area contributed by atoms with Crippen LogP contribution in [0.2, 0.25) is 0 Å². The van der Waals surface area contributed by atoms with E-state index in [4.69, 9.17) is 0 Å². The molecule has 3 heteroatoms. The maximum absolute atomic E-state index is 3.43. The fourth-order valence-corrected chi connectivity index (χ4v) is 1.47. The van der Waals surface area contributed by atoms with Crippen LogP contribution < -0.4 is 5.32 Å². The molecule has 0 atom stereocenters. The number of halogens is 1. The van der Waals surface area contributed by atoms with Gasteiger partial charge in [0.1, 0.15) is 0 Å². The Hall–Kier alpha value is 0.400. The lowest BCUT2D eigenvalue weighted by Gasteiger charge is -2.26. The van der Waals surface area contributed by atoms with Gasteiger partial charge in [-0.3, -0.25) is 0 Å². The molecule has 0 aromatic carbocycles. The number of hydrogen-bond donors (Lipinski definition) is 1. The smallest absolute Gasteiger partial charge is 0.0107 e. The van der Waals surface area contributed by atoms with E-state index in [0.29, 0.717) is 0 Å². The van der Waals surface area contributed by atoms with E-state index in [-0.39, 0.29) is 0 Å². The summed E-state index contributed by atoms with van der Waals surface area (Å²) < 4.78 is 0. The summed E-state index contributed by atoms with van der Waals surface area (Å²) in [6.45, 7) is 6.05. The molecule has 0 aromatic heterocycles. The van der Waals surface area contributed by atoms with Crippen molar-refractivity contribution in [2.24, 2.45) is 0 Å². The van der Waals surface area contributed by atoms with Crippen LogP contribution in [0.4, 0.5) is 0 Å². The summed E-state index contributed by atoms with van der Waals surface area (Å²) in [5, 5.41) is 4.47. The molecule has 0 saturated carbocycles. The Bertz CT molecular complexity index is 81.7. The second-order valence-electron chi connectivity index (χ2n) is 2.63. The normalized spacial score (nSPS) is 21.3. The standard InChI is InChI=1S/C7H15BrN2/c8-2-1-5-10-6-3-9-4-7-10/h9H,1-7H2. The van der Waals surface area contributed by atoms with Crippen LogP contribution in [-0.2, 0) is 0 Å². The number of alkyl halides is 1. The summed E-state index contributed by atoms with van der Waals surface area (Å²) in [7, 11) is 0. The average Bonchev–Trinajstić information content (AvgIpc) is 2.03. The summed E-state index contributed by atoms with van der Waals surface area (Å²) >= 11 is 3.43. The first-order valence-electron chi connectivity index (χ1n) is 3.92. The fraction of sp³-hybridized carbons (Fsp3) is 1.00. The Morgan fingerprint density at radius 3 is 2.60 bits per heavy atom. The minimum absolute atomic E-state index is 1.14. The number of nitrogens with one attached hydrogen (secondary N) is 1. The van der Waals surface area contributed by atoms with Gasteiger partial charge in [0.25, 0.3) is 0 Å². The lowest BCUT2D eigenvalue weighted by atomic mass is 10.3. The molecule has 1 rings (SSSR count). The van der Waals surface area contributed by atoms with Crippen molar-refractivity contribution in [3.63, 3.8) is 0 Å². The first-order valence-corrected chi connectivity index (χ1v) is 5.04. The topological polar surface area (TPSA) is 15.3 Å². The highest BCUT2D eigenvalue weighted by Crippen LogP contribution is 1.95. The predicted octanol–water partition coefficient (Wildman–Crippen LogP) is 0.677. The van der Waals surface area contributed by atoms with E-state index in [2.05, 4.69) is 26.1 Å². The van der Waals surface area contributed by atoms with Crippen molar-refractivity contribution < 1.29 is 0 Å². The maximum atomic E-state index is 3.43. The molecule has 1 aliphatic heterocycles. The minimum atomic E-state index is 1.14. The van der Waals surface area contributed by atoms with Crippen LogP contribution >= 0.6 is 15.9 Å². The molecule has 1 fully saturated rings. The lowest BCUT2D eigenvalue weighted by Crippen LogP contribution is -2.43. The van der Waals surface area contributed by atoms with Crippen LogP contribution in [0.1, 0.15) is 6.42 Å². The number of rotatable bonds is 3. The van der Waals surface area contributed by atoms with Gasteiger partial charge in [-0.05, 0) is 13.0 Å². The largest absolute Gasteiger partial charge is 0.314 e. The third-order valence-electron chi connectivity index (χ3n) is 1.82. The molecule has 0 unspecified atom stereocenters. The highest BCUT2D eigenvalue weighted by Gasteiger charge is 2.07. The van der Waals surface area contributed by atoms with Crippen molar-refractivity contribution in [2.75, 3.05) is 38.1 Å². The third kappa shape index (κ3) is 2.99. The van der Waals surface area contributed by atoms with Crippen molar-refractivity contribution >= 4 is 15.9 Å². The quantitative estimate of drug-likeness (QED) is 0.684. The molecule has 2 nitrogen and oxygen atoms in total. The SMILES string of the molecule is BrCCCN1CCNCC1. The molecule has 60 valence electrons. The van der Waals surface area contributed by atoms with Gasteiger partial charge in [0, 0.05) is 31.5 Å². The molecule has 1 saturated heterocycles. The van der Waals surface area contributed by atoms with Gasteiger partial charge in [-0.2, -0.15) is 0 Å². The molecule has 1 N–H and O–H groups in total. The van der Waals surface area contributed by atoms with Crippen LogP contribution in [0, 0.1) is 0 Å². The highest BCUT2D eigenvalue weighted by molar-refractivity contribution is 9.09. The molecule has 0 bridgehead atoms. The Kier molecular flexibility index (Phi) is 4.34. The molecular weight excluding hydrogens is 192 g/mol. The van der Waals surface area contributed by atoms with Gasteiger partial charge in [0.05, 0.1) is 0 Å². The van der Waals surface area contributed by atoms with Crippen molar-refractivity contribution in [1.82, 2.24) is 10.2 Å². The van der Waals surface area contributed by atoms with E-state index in [1.54, 1.807) is 0 Å². The van der Waals surface area contributed by atoms with Gasteiger partial charge >= 0.3 is 0 Å². The molecule has 0 aromatic rings. The number of hydrogen-bond acceptors (Lipinski definition) is 2. The Balaban J connectivity index is 2.02.